The summed E-state index contributed by atoms with van der Waals surface area (Å²) in [6, 6.07) is 0. The summed E-state index contributed by atoms with van der Waals surface area (Å²) in [5.74, 6) is -0.511. The van der Waals surface area contributed by atoms with Gasteiger partial charge in [0.05, 0.1) is 0 Å². The monoisotopic (exact) mass is 223 g/mol. The molecule has 0 rings (SSSR count). The molecule has 0 radical (unpaired) electrons. The topological polar surface area (TPSA) is 92.7 Å². The predicted molar refractivity (Wildman–Crippen MR) is 49.7 cm³/mol. The second-order valence-electron chi connectivity index (χ2n) is 2.60. The zero-order valence-corrected chi connectivity index (χ0v) is 8.80. The highest BCUT2D eigenvalue weighted by molar-refractivity contribution is 7.80. The van der Waals surface area contributed by atoms with Gasteiger partial charge in [0, 0.05) is 5.57 Å². The Morgan fingerprint density at radius 2 is 2.14 bits per heavy atom. The lowest BCUT2D eigenvalue weighted by Gasteiger charge is -2.12. The van der Waals surface area contributed by atoms with Crippen LogP contribution in [-0.2, 0) is 19.4 Å². The average Bonchev–Trinajstić information content (AvgIpc) is 1.99. The molecule has 6 nitrogen and oxygen atoms in total. The molecule has 1 unspecified atom stereocenters. The zero-order valence-electron chi connectivity index (χ0n) is 7.98. The Balaban J connectivity index is 4.14. The van der Waals surface area contributed by atoms with Crippen LogP contribution in [0.5, 0.6) is 0 Å². The summed E-state index contributed by atoms with van der Waals surface area (Å²) >= 11 is 0. The number of hydrogen-bond acceptors (Lipinski definition) is 4. The predicted octanol–water partition coefficient (Wildman–Crippen LogP) is 0.234. The average molecular weight is 223 g/mol. The first-order valence-electron chi connectivity index (χ1n) is 3.90. The maximum atomic E-state index is 11.1. The van der Waals surface area contributed by atoms with Gasteiger partial charge in [-0.1, -0.05) is 13.5 Å². The Bertz CT molecular complexity index is 321. The van der Waals surface area contributed by atoms with E-state index in [2.05, 4.69) is 16.1 Å². The summed E-state index contributed by atoms with van der Waals surface area (Å²) in [5, 5.41) is 2.19. The van der Waals surface area contributed by atoms with E-state index in [1.807, 2.05) is 0 Å². The van der Waals surface area contributed by atoms with Crippen LogP contribution in [0, 0.1) is 0 Å². The number of rotatable bonds is 5. The van der Waals surface area contributed by atoms with Crippen molar-refractivity contribution in [2.45, 2.75) is 26.5 Å². The molecule has 2 N–H and O–H groups in total. The smallest absolute Gasteiger partial charge is 0.326 e. The summed E-state index contributed by atoms with van der Waals surface area (Å²) in [6.07, 6.45) is -0.675. The number of hydrogen-bond donors (Lipinski definition) is 2. The maximum Gasteiger partial charge on any atom is 0.399 e. The van der Waals surface area contributed by atoms with Crippen molar-refractivity contribution in [3.8, 4) is 0 Å². The van der Waals surface area contributed by atoms with Crippen molar-refractivity contribution in [3.63, 3.8) is 0 Å². The van der Waals surface area contributed by atoms with Gasteiger partial charge in [0.2, 0.25) is 5.91 Å². The van der Waals surface area contributed by atoms with Crippen molar-refractivity contribution in [1.82, 2.24) is 5.32 Å². The Labute approximate surface area is 82.9 Å². The third-order valence-electron chi connectivity index (χ3n) is 1.35. The van der Waals surface area contributed by atoms with Crippen LogP contribution in [0.25, 0.3) is 0 Å². The van der Waals surface area contributed by atoms with Crippen LogP contribution in [0.15, 0.2) is 12.2 Å². The fourth-order valence-electron chi connectivity index (χ4n) is 0.654. The molecule has 7 heteroatoms. The molecule has 0 aliphatic rings. The first-order chi connectivity index (χ1) is 6.26. The fraction of sp³-hybridized carbons (Fsp3) is 0.571. The van der Waals surface area contributed by atoms with Gasteiger partial charge >= 0.3 is 10.4 Å². The molecule has 0 bridgehead atoms. The normalized spacial score (nSPS) is 13.4. The summed E-state index contributed by atoms with van der Waals surface area (Å²) in [4.78, 5) is 11.1. The van der Waals surface area contributed by atoms with E-state index in [4.69, 9.17) is 4.55 Å². The number of carbonyl (C=O) groups excluding carboxylic acids is 1. The van der Waals surface area contributed by atoms with Gasteiger partial charge in [-0.3, -0.25) is 9.35 Å². The van der Waals surface area contributed by atoms with Crippen LogP contribution in [0.1, 0.15) is 20.3 Å². The molecule has 0 saturated carbocycles. The number of amides is 1. The second-order valence-corrected chi connectivity index (χ2v) is 3.64. The molecule has 0 heterocycles. The molecule has 0 aliphatic carbocycles. The molecule has 0 aromatic heterocycles. The molecular weight excluding hydrogens is 210 g/mol. The molecule has 82 valence electrons. The van der Waals surface area contributed by atoms with Gasteiger partial charge in [0.25, 0.3) is 0 Å². The Morgan fingerprint density at radius 3 is 2.50 bits per heavy atom. The molecule has 0 fully saturated rings. The van der Waals surface area contributed by atoms with Crippen molar-refractivity contribution in [1.29, 1.82) is 0 Å². The Hall–Kier alpha value is -0.920. The second kappa shape index (κ2) is 5.08. The quantitative estimate of drug-likeness (QED) is 0.395. The van der Waals surface area contributed by atoms with E-state index < -0.39 is 22.5 Å². The van der Waals surface area contributed by atoms with E-state index in [0.29, 0.717) is 12.0 Å². The Kier molecular flexibility index (Phi) is 4.75. The highest BCUT2D eigenvalue weighted by atomic mass is 32.3. The molecular formula is C7H13NO5S. The van der Waals surface area contributed by atoms with Crippen molar-refractivity contribution >= 4 is 16.3 Å². The minimum absolute atomic E-state index is 0.302. The lowest BCUT2D eigenvalue weighted by atomic mass is 10.2. The fourth-order valence-corrected chi connectivity index (χ4v) is 1.07. The van der Waals surface area contributed by atoms with Gasteiger partial charge < -0.3 is 5.32 Å². The third kappa shape index (κ3) is 5.68. The standard InChI is InChI=1S/C7H13NO5S/c1-4-5(2)7(9)8-6(3)13-14(10,11)12/h6H,2,4H2,1,3H3,(H,8,9)(H,10,11,12). The highest BCUT2D eigenvalue weighted by Crippen LogP contribution is 1.99. The SMILES string of the molecule is C=C(CC)C(=O)NC(C)OS(=O)(=O)O. The van der Waals surface area contributed by atoms with Gasteiger partial charge in [-0.2, -0.15) is 8.42 Å². The molecule has 0 spiro atoms. The van der Waals surface area contributed by atoms with Gasteiger partial charge in [-0.05, 0) is 13.3 Å². The molecule has 0 aromatic carbocycles. The van der Waals surface area contributed by atoms with Crippen LogP contribution >= 0.6 is 0 Å². The first-order valence-corrected chi connectivity index (χ1v) is 5.27. The molecule has 1 atom stereocenters. The first kappa shape index (κ1) is 13.1. The van der Waals surface area contributed by atoms with Crippen LogP contribution in [0.4, 0.5) is 0 Å². The van der Waals surface area contributed by atoms with Gasteiger partial charge in [0.1, 0.15) is 6.23 Å². The summed E-state index contributed by atoms with van der Waals surface area (Å²) in [7, 11) is -4.55. The van der Waals surface area contributed by atoms with Crippen LogP contribution in [0.2, 0.25) is 0 Å². The largest absolute Gasteiger partial charge is 0.399 e. The zero-order chi connectivity index (χ0) is 11.4. The minimum Gasteiger partial charge on any atom is -0.326 e. The lowest BCUT2D eigenvalue weighted by Crippen LogP contribution is -2.36. The minimum atomic E-state index is -4.55. The summed E-state index contributed by atoms with van der Waals surface area (Å²) in [6.45, 7) is 6.45. The van der Waals surface area contributed by atoms with E-state index in [0.717, 1.165) is 0 Å². The molecule has 0 aromatic rings. The maximum absolute atomic E-state index is 11.1. The van der Waals surface area contributed by atoms with Crippen molar-refractivity contribution < 1.29 is 21.9 Å². The third-order valence-corrected chi connectivity index (χ3v) is 1.88. The summed E-state index contributed by atoms with van der Waals surface area (Å²) < 4.78 is 32.8. The van der Waals surface area contributed by atoms with Crippen LogP contribution in [0.3, 0.4) is 0 Å². The van der Waals surface area contributed by atoms with Crippen LogP contribution < -0.4 is 5.32 Å². The van der Waals surface area contributed by atoms with E-state index >= 15 is 0 Å². The molecule has 1 amide bonds. The van der Waals surface area contributed by atoms with Crippen molar-refractivity contribution in [2.24, 2.45) is 0 Å². The van der Waals surface area contributed by atoms with Gasteiger partial charge in [-0.25, -0.2) is 4.18 Å². The van der Waals surface area contributed by atoms with E-state index in [1.54, 1.807) is 6.92 Å². The lowest BCUT2D eigenvalue weighted by molar-refractivity contribution is -0.119. The molecule has 14 heavy (non-hydrogen) atoms. The van der Waals surface area contributed by atoms with E-state index in [1.165, 1.54) is 6.92 Å². The van der Waals surface area contributed by atoms with Gasteiger partial charge in [0.15, 0.2) is 0 Å². The van der Waals surface area contributed by atoms with E-state index in [9.17, 15) is 13.2 Å². The number of nitrogens with one attached hydrogen (secondary N) is 1. The number of carbonyl (C=O) groups is 1. The van der Waals surface area contributed by atoms with E-state index in [-0.39, 0.29) is 0 Å². The molecule has 0 aliphatic heterocycles. The highest BCUT2D eigenvalue weighted by Gasteiger charge is 2.15. The van der Waals surface area contributed by atoms with Crippen molar-refractivity contribution in [2.75, 3.05) is 0 Å². The van der Waals surface area contributed by atoms with Crippen molar-refractivity contribution in [3.05, 3.63) is 12.2 Å². The van der Waals surface area contributed by atoms with Gasteiger partial charge in [-0.15, -0.1) is 0 Å². The summed E-state index contributed by atoms with van der Waals surface area (Å²) in [5.41, 5.74) is 0.302. The Morgan fingerprint density at radius 1 is 1.64 bits per heavy atom. The molecule has 0 saturated heterocycles. The van der Waals surface area contributed by atoms with Crippen LogP contribution in [-0.4, -0.2) is 25.1 Å².